The largest absolute Gasteiger partial charge is 0.354 e. The molecule has 0 spiro atoms. The van der Waals surface area contributed by atoms with Crippen LogP contribution in [0.5, 0.6) is 0 Å². The molecule has 110 valence electrons. The van der Waals surface area contributed by atoms with Crippen molar-refractivity contribution in [3.8, 4) is 0 Å². The number of hydrogen-bond acceptors (Lipinski definition) is 2. The average Bonchev–Trinajstić information content (AvgIpc) is 3.11. The predicted octanol–water partition coefficient (Wildman–Crippen LogP) is 2.23. The van der Waals surface area contributed by atoms with Crippen molar-refractivity contribution in [1.29, 1.82) is 0 Å². The number of nitrogens with one attached hydrogen (secondary N) is 2. The number of amides is 2. The molecular formula is C14H20BrN3O2. The fraction of sp³-hybridized carbons (Fsp3) is 0.571. The monoisotopic (exact) mass is 341 g/mol. The zero-order chi connectivity index (χ0) is 14.7. The summed E-state index contributed by atoms with van der Waals surface area (Å²) >= 11 is 3.40. The molecule has 0 unspecified atom stereocenters. The molecule has 1 aromatic heterocycles. The van der Waals surface area contributed by atoms with Gasteiger partial charge in [-0.15, -0.1) is 0 Å². The quantitative estimate of drug-likeness (QED) is 0.833. The minimum atomic E-state index is -0.125. The minimum Gasteiger partial charge on any atom is -0.354 e. The highest BCUT2D eigenvalue weighted by molar-refractivity contribution is 9.10. The Morgan fingerprint density at radius 3 is 2.75 bits per heavy atom. The summed E-state index contributed by atoms with van der Waals surface area (Å²) < 4.78 is 2.92. The van der Waals surface area contributed by atoms with E-state index < -0.39 is 0 Å². The van der Waals surface area contributed by atoms with Gasteiger partial charge in [0, 0.05) is 35.7 Å². The maximum absolute atomic E-state index is 12.1. The zero-order valence-electron chi connectivity index (χ0n) is 11.8. The smallest absolute Gasteiger partial charge is 0.267 e. The van der Waals surface area contributed by atoms with Gasteiger partial charge in [-0.1, -0.05) is 0 Å². The fourth-order valence-electron chi connectivity index (χ4n) is 2.06. The first-order valence-corrected chi connectivity index (χ1v) is 7.71. The van der Waals surface area contributed by atoms with Crippen molar-refractivity contribution in [3.63, 3.8) is 0 Å². The van der Waals surface area contributed by atoms with Gasteiger partial charge < -0.3 is 15.2 Å². The molecule has 0 radical (unpaired) electrons. The van der Waals surface area contributed by atoms with Gasteiger partial charge in [0.1, 0.15) is 5.69 Å². The molecule has 2 rings (SSSR count). The van der Waals surface area contributed by atoms with Gasteiger partial charge in [-0.2, -0.15) is 0 Å². The Balaban J connectivity index is 1.84. The molecule has 2 N–H and O–H groups in total. The van der Waals surface area contributed by atoms with Crippen molar-refractivity contribution in [2.75, 3.05) is 6.54 Å². The molecule has 1 aliphatic carbocycles. The van der Waals surface area contributed by atoms with E-state index in [2.05, 4.69) is 26.6 Å². The van der Waals surface area contributed by atoms with Crippen LogP contribution >= 0.6 is 15.9 Å². The van der Waals surface area contributed by atoms with Gasteiger partial charge >= 0.3 is 0 Å². The van der Waals surface area contributed by atoms with E-state index in [4.69, 9.17) is 0 Å². The lowest BCUT2D eigenvalue weighted by molar-refractivity contribution is -0.121. The summed E-state index contributed by atoms with van der Waals surface area (Å²) in [5.41, 5.74) is 0.656. The third-order valence-corrected chi connectivity index (χ3v) is 3.51. The van der Waals surface area contributed by atoms with Gasteiger partial charge in [-0.3, -0.25) is 9.59 Å². The Morgan fingerprint density at radius 1 is 1.45 bits per heavy atom. The first kappa shape index (κ1) is 15.1. The number of hydrogen-bond donors (Lipinski definition) is 2. The third kappa shape index (κ3) is 4.10. The number of carbonyl (C=O) groups is 2. The lowest BCUT2D eigenvalue weighted by Gasteiger charge is -2.10. The topological polar surface area (TPSA) is 63.1 Å². The third-order valence-electron chi connectivity index (χ3n) is 3.08. The van der Waals surface area contributed by atoms with Crippen molar-refractivity contribution in [2.24, 2.45) is 0 Å². The van der Waals surface area contributed by atoms with E-state index in [1.807, 2.05) is 30.7 Å². The number of aromatic nitrogens is 1. The normalized spacial score (nSPS) is 14.4. The fourth-order valence-corrected chi connectivity index (χ4v) is 2.49. The van der Waals surface area contributed by atoms with Gasteiger partial charge in [0.05, 0.1) is 0 Å². The summed E-state index contributed by atoms with van der Waals surface area (Å²) in [6, 6.07) is 2.40. The molecule has 1 saturated carbocycles. The zero-order valence-corrected chi connectivity index (χ0v) is 13.4. The molecule has 6 heteroatoms. The van der Waals surface area contributed by atoms with Crippen LogP contribution in [0, 0.1) is 0 Å². The molecule has 1 aliphatic rings. The first-order chi connectivity index (χ1) is 9.47. The van der Waals surface area contributed by atoms with E-state index in [1.54, 1.807) is 0 Å². The summed E-state index contributed by atoms with van der Waals surface area (Å²) in [5, 5.41) is 5.60. The molecular weight excluding hydrogens is 322 g/mol. The Hall–Kier alpha value is -1.30. The summed E-state index contributed by atoms with van der Waals surface area (Å²) in [4.78, 5) is 23.6. The number of carbonyl (C=O) groups excluding carboxylic acids is 2. The molecule has 2 amide bonds. The minimum absolute atomic E-state index is 0.0425. The molecule has 1 heterocycles. The van der Waals surface area contributed by atoms with Crippen molar-refractivity contribution in [3.05, 3.63) is 22.4 Å². The Kier molecular flexibility index (Phi) is 4.86. The number of halogens is 1. The summed E-state index contributed by atoms with van der Waals surface area (Å²) in [6.45, 7) is 4.18. The molecule has 5 nitrogen and oxygen atoms in total. The maximum atomic E-state index is 12.1. The van der Waals surface area contributed by atoms with Crippen LogP contribution in [0.3, 0.4) is 0 Å². The van der Waals surface area contributed by atoms with Gasteiger partial charge in [-0.25, -0.2) is 0 Å². The second-order valence-corrected chi connectivity index (χ2v) is 6.33. The SMILES string of the molecule is CC(C)NC(=O)CCNC(=O)c1cc(Br)cn1C1CC1. The van der Waals surface area contributed by atoms with Crippen LogP contribution in [-0.4, -0.2) is 29.0 Å². The van der Waals surface area contributed by atoms with Crippen molar-refractivity contribution >= 4 is 27.7 Å². The molecule has 0 saturated heterocycles. The molecule has 1 aromatic rings. The van der Waals surface area contributed by atoms with Crippen molar-refractivity contribution in [2.45, 2.75) is 45.2 Å². The van der Waals surface area contributed by atoms with Crippen LogP contribution in [-0.2, 0) is 4.79 Å². The van der Waals surface area contributed by atoms with Crippen LogP contribution in [0.2, 0.25) is 0 Å². The van der Waals surface area contributed by atoms with E-state index >= 15 is 0 Å². The molecule has 0 aromatic carbocycles. The number of rotatable bonds is 6. The van der Waals surface area contributed by atoms with Crippen LogP contribution in [0.15, 0.2) is 16.7 Å². The lowest BCUT2D eigenvalue weighted by atomic mass is 10.3. The number of nitrogens with zero attached hydrogens (tertiary/aromatic N) is 1. The van der Waals surface area contributed by atoms with Gasteiger partial charge in [0.2, 0.25) is 5.91 Å². The van der Waals surface area contributed by atoms with Crippen LogP contribution < -0.4 is 10.6 Å². The second kappa shape index (κ2) is 6.43. The van der Waals surface area contributed by atoms with Crippen LogP contribution in [0.1, 0.15) is 49.6 Å². The Morgan fingerprint density at radius 2 is 2.15 bits per heavy atom. The van der Waals surface area contributed by atoms with Crippen LogP contribution in [0.25, 0.3) is 0 Å². The Labute approximate surface area is 127 Å². The summed E-state index contributed by atoms with van der Waals surface area (Å²) in [6.07, 6.45) is 4.49. The van der Waals surface area contributed by atoms with Gasteiger partial charge in [-0.05, 0) is 48.7 Å². The predicted molar refractivity (Wildman–Crippen MR) is 80.6 cm³/mol. The van der Waals surface area contributed by atoms with Crippen molar-refractivity contribution in [1.82, 2.24) is 15.2 Å². The van der Waals surface area contributed by atoms with Gasteiger partial charge in [0.15, 0.2) is 0 Å². The molecule has 20 heavy (non-hydrogen) atoms. The van der Waals surface area contributed by atoms with Crippen molar-refractivity contribution < 1.29 is 9.59 Å². The molecule has 1 fully saturated rings. The van der Waals surface area contributed by atoms with E-state index in [0.717, 1.165) is 17.3 Å². The second-order valence-electron chi connectivity index (χ2n) is 5.41. The van der Waals surface area contributed by atoms with E-state index in [-0.39, 0.29) is 17.9 Å². The van der Waals surface area contributed by atoms with E-state index in [0.29, 0.717) is 24.7 Å². The Bertz CT molecular complexity index is 507. The molecule has 0 aliphatic heterocycles. The first-order valence-electron chi connectivity index (χ1n) is 6.92. The highest BCUT2D eigenvalue weighted by Gasteiger charge is 2.27. The highest BCUT2D eigenvalue weighted by atomic mass is 79.9. The standard InChI is InChI=1S/C14H20BrN3O2/c1-9(2)17-13(19)5-6-16-14(20)12-7-10(15)8-18(12)11-3-4-11/h7-9,11H,3-6H2,1-2H3,(H,16,20)(H,17,19). The maximum Gasteiger partial charge on any atom is 0.267 e. The summed E-state index contributed by atoms with van der Waals surface area (Å²) in [5.74, 6) is -0.168. The van der Waals surface area contributed by atoms with E-state index in [1.165, 1.54) is 0 Å². The average molecular weight is 342 g/mol. The van der Waals surface area contributed by atoms with Crippen LogP contribution in [0.4, 0.5) is 0 Å². The van der Waals surface area contributed by atoms with Gasteiger partial charge in [0.25, 0.3) is 5.91 Å². The lowest BCUT2D eigenvalue weighted by Crippen LogP contribution is -2.34. The highest BCUT2D eigenvalue weighted by Crippen LogP contribution is 2.37. The van der Waals surface area contributed by atoms with E-state index in [9.17, 15) is 9.59 Å². The summed E-state index contributed by atoms with van der Waals surface area (Å²) in [7, 11) is 0. The molecule has 0 atom stereocenters. The molecule has 0 bridgehead atoms.